The van der Waals surface area contributed by atoms with Crippen molar-refractivity contribution >= 4 is 48.6 Å². The molecule has 0 saturated carbocycles. The number of halogens is 3. The van der Waals surface area contributed by atoms with Crippen molar-refractivity contribution in [3.05, 3.63) is 36.3 Å². The summed E-state index contributed by atoms with van der Waals surface area (Å²) in [5.74, 6) is 0.331. The van der Waals surface area contributed by atoms with Gasteiger partial charge in [-0.3, -0.25) is 0 Å². The van der Waals surface area contributed by atoms with Crippen LogP contribution in [0.3, 0.4) is 0 Å². The van der Waals surface area contributed by atoms with Gasteiger partial charge in [0.1, 0.15) is 5.82 Å². The monoisotopic (exact) mass is 447 g/mol. The summed E-state index contributed by atoms with van der Waals surface area (Å²) in [6.07, 6.45) is 2.54. The van der Waals surface area contributed by atoms with Gasteiger partial charge < -0.3 is 10.6 Å². The van der Waals surface area contributed by atoms with Crippen LogP contribution in [-0.2, 0) is 0 Å². The fourth-order valence-corrected chi connectivity index (χ4v) is 3.57. The fraction of sp³-hybridized carbons (Fsp3) is 0.312. The first-order chi connectivity index (χ1) is 10.9. The number of anilines is 2. The highest BCUT2D eigenvalue weighted by molar-refractivity contribution is 14.1. The first kappa shape index (κ1) is 16.8. The third-order valence-electron chi connectivity index (χ3n) is 4.07. The summed E-state index contributed by atoms with van der Waals surface area (Å²) in [5, 5.41) is 0.865. The minimum atomic E-state index is -1.16. The van der Waals surface area contributed by atoms with Gasteiger partial charge in [0.05, 0.1) is 5.69 Å². The van der Waals surface area contributed by atoms with Crippen LogP contribution in [0.25, 0.3) is 11.1 Å². The van der Waals surface area contributed by atoms with Crippen LogP contribution in [0.1, 0.15) is 12.8 Å². The van der Waals surface area contributed by atoms with Crippen molar-refractivity contribution in [2.24, 2.45) is 0 Å². The van der Waals surface area contributed by atoms with Crippen molar-refractivity contribution in [2.75, 3.05) is 23.7 Å². The van der Waals surface area contributed by atoms with E-state index in [0.29, 0.717) is 37.4 Å². The zero-order chi connectivity index (χ0) is 16.6. The standard InChI is InChI=1S/C16H17F2IN3P/c17-10-1-2-13(23)12(9-10)11-3-6-21-15(14(11)20)22-7-4-16(18,19)5-8-22/h1-3,6,9H,4-5,7-8,20,23H2. The van der Waals surface area contributed by atoms with Crippen LogP contribution < -0.4 is 15.9 Å². The van der Waals surface area contributed by atoms with Crippen molar-refractivity contribution in [1.29, 1.82) is 0 Å². The fourth-order valence-electron chi connectivity index (χ4n) is 2.76. The maximum Gasteiger partial charge on any atom is 0.164 e. The zero-order valence-corrected chi connectivity index (χ0v) is 15.7. The number of nitrogens with two attached hydrogens (primary N) is 1. The van der Waals surface area contributed by atoms with E-state index in [4.69, 9.17) is 5.73 Å². The summed E-state index contributed by atoms with van der Waals surface area (Å²) >= 11 is 1.86. The average molecular weight is 447 g/mol. The van der Waals surface area contributed by atoms with Crippen molar-refractivity contribution in [1.82, 2.24) is 4.98 Å². The Balaban J connectivity index is 1.98. The second kappa shape index (κ2) is 6.48. The molecule has 0 spiro atoms. The lowest BCUT2D eigenvalue weighted by molar-refractivity contribution is 0.257. The molecular weight excluding hydrogens is 430 g/mol. The number of hydrogen-bond acceptors (Lipinski definition) is 3. The second-order valence-electron chi connectivity index (χ2n) is 5.67. The summed E-state index contributed by atoms with van der Waals surface area (Å²) in [6, 6.07) is 6.35. The van der Waals surface area contributed by atoms with Crippen LogP contribution in [0.2, 0.25) is 0 Å². The minimum Gasteiger partial charge on any atom is -0.395 e. The smallest absolute Gasteiger partial charge is 0.164 e. The summed E-state index contributed by atoms with van der Waals surface area (Å²) < 4.78 is 26.4. The third kappa shape index (κ3) is 3.58. The molecule has 0 aliphatic carbocycles. The molecule has 3 nitrogen and oxygen atoms in total. The molecule has 1 aromatic heterocycles. The molecular formula is C16H17F2IN3P. The zero-order valence-electron chi connectivity index (χ0n) is 12.4. The number of rotatable bonds is 2. The van der Waals surface area contributed by atoms with Gasteiger partial charge in [0.15, 0.2) is 9.49 Å². The van der Waals surface area contributed by atoms with Gasteiger partial charge in [-0.05, 0) is 51.7 Å². The van der Waals surface area contributed by atoms with E-state index in [0.717, 1.165) is 16.4 Å². The highest BCUT2D eigenvalue weighted by atomic mass is 127. The lowest BCUT2D eigenvalue weighted by atomic mass is 10.0. The van der Waals surface area contributed by atoms with E-state index in [1.54, 1.807) is 18.3 Å². The molecule has 23 heavy (non-hydrogen) atoms. The molecule has 2 aromatic rings. The molecule has 0 radical (unpaired) electrons. The molecule has 3 rings (SSSR count). The van der Waals surface area contributed by atoms with E-state index in [-0.39, 0.29) is 5.82 Å². The van der Waals surface area contributed by atoms with E-state index in [1.165, 1.54) is 12.1 Å². The van der Waals surface area contributed by atoms with Gasteiger partial charge in [-0.25, -0.2) is 13.8 Å². The van der Waals surface area contributed by atoms with Gasteiger partial charge >= 0.3 is 0 Å². The van der Waals surface area contributed by atoms with Crippen LogP contribution in [0.15, 0.2) is 30.5 Å². The van der Waals surface area contributed by atoms with Gasteiger partial charge in [-0.1, -0.05) is 6.07 Å². The van der Waals surface area contributed by atoms with Crippen molar-refractivity contribution < 1.29 is 8.78 Å². The molecule has 2 N–H and O–H groups in total. The SMILES string of the molecule is Nc1c(-c2cc(F)ccc2P)ccnc1N1CCC(F)(I)CC1. The summed E-state index contributed by atoms with van der Waals surface area (Å²) in [6.45, 7) is 1.13. The molecule has 1 atom stereocenters. The number of aromatic nitrogens is 1. The van der Waals surface area contributed by atoms with Crippen molar-refractivity contribution in [3.63, 3.8) is 0 Å². The van der Waals surface area contributed by atoms with Crippen LogP contribution in [0, 0.1) is 5.82 Å². The first-order valence-electron chi connectivity index (χ1n) is 7.30. The molecule has 122 valence electrons. The van der Waals surface area contributed by atoms with Crippen LogP contribution in [0.5, 0.6) is 0 Å². The number of piperidine rings is 1. The Labute approximate surface area is 150 Å². The van der Waals surface area contributed by atoms with Gasteiger partial charge in [0.25, 0.3) is 0 Å². The van der Waals surface area contributed by atoms with Crippen LogP contribution in [-0.4, -0.2) is 21.7 Å². The summed E-state index contributed by atoms with van der Waals surface area (Å²) in [7, 11) is 2.59. The van der Waals surface area contributed by atoms with E-state index < -0.39 is 3.68 Å². The molecule has 0 bridgehead atoms. The van der Waals surface area contributed by atoms with Gasteiger partial charge in [-0.2, -0.15) is 0 Å². The van der Waals surface area contributed by atoms with Crippen molar-refractivity contribution in [3.8, 4) is 11.1 Å². The first-order valence-corrected chi connectivity index (χ1v) is 8.96. The Bertz CT molecular complexity index is 729. The number of hydrogen-bond donors (Lipinski definition) is 1. The predicted octanol–water partition coefficient (Wildman–Crippen LogP) is 3.67. The molecule has 7 heteroatoms. The van der Waals surface area contributed by atoms with Crippen LogP contribution in [0.4, 0.5) is 20.3 Å². The van der Waals surface area contributed by atoms with E-state index >= 15 is 0 Å². The van der Waals surface area contributed by atoms with E-state index in [2.05, 4.69) is 14.2 Å². The normalized spacial score (nSPS) is 17.3. The molecule has 1 fully saturated rings. The predicted molar refractivity (Wildman–Crippen MR) is 103 cm³/mol. The Morgan fingerprint density at radius 2 is 1.91 bits per heavy atom. The summed E-state index contributed by atoms with van der Waals surface area (Å²) in [4.78, 5) is 6.36. The highest BCUT2D eigenvalue weighted by Gasteiger charge is 2.32. The molecule has 2 heterocycles. The Hall–Kier alpha value is -1.01. The lowest BCUT2D eigenvalue weighted by Gasteiger charge is -2.34. The molecule has 0 amide bonds. The summed E-state index contributed by atoms with van der Waals surface area (Å²) in [5.41, 5.74) is 8.27. The Kier molecular flexibility index (Phi) is 4.74. The Morgan fingerprint density at radius 1 is 1.22 bits per heavy atom. The average Bonchev–Trinajstić information content (AvgIpc) is 2.51. The minimum absolute atomic E-state index is 0.311. The maximum atomic E-state index is 14.0. The quantitative estimate of drug-likeness (QED) is 0.434. The molecule has 1 aliphatic heterocycles. The molecule has 1 aromatic carbocycles. The number of benzene rings is 1. The number of nitrogens with zero attached hydrogens (tertiary/aromatic N) is 2. The third-order valence-corrected chi connectivity index (χ3v) is 5.65. The number of alkyl halides is 2. The molecule has 1 saturated heterocycles. The maximum absolute atomic E-state index is 14.0. The Morgan fingerprint density at radius 3 is 2.61 bits per heavy atom. The van der Waals surface area contributed by atoms with E-state index in [9.17, 15) is 8.78 Å². The topological polar surface area (TPSA) is 42.1 Å². The molecule has 1 aliphatic rings. The van der Waals surface area contributed by atoms with Gasteiger partial charge in [0.2, 0.25) is 0 Å². The molecule has 1 unspecified atom stereocenters. The second-order valence-corrected chi connectivity index (χ2v) is 8.23. The van der Waals surface area contributed by atoms with Crippen LogP contribution >= 0.6 is 31.8 Å². The van der Waals surface area contributed by atoms with Crippen molar-refractivity contribution in [2.45, 2.75) is 16.5 Å². The lowest BCUT2D eigenvalue weighted by Crippen LogP contribution is -2.39. The largest absolute Gasteiger partial charge is 0.395 e. The van der Waals surface area contributed by atoms with Gasteiger partial charge in [-0.15, -0.1) is 9.24 Å². The number of nitrogen functional groups attached to an aromatic ring is 1. The highest BCUT2D eigenvalue weighted by Crippen LogP contribution is 2.38. The van der Waals surface area contributed by atoms with E-state index in [1.807, 2.05) is 27.5 Å². The van der Waals surface area contributed by atoms with Gasteiger partial charge in [0, 0.05) is 37.7 Å². The number of pyridine rings is 1.